The molecule has 0 aliphatic heterocycles. The van der Waals surface area contributed by atoms with Crippen LogP contribution in [-0.2, 0) is 0 Å². The summed E-state index contributed by atoms with van der Waals surface area (Å²) in [5, 5.41) is 0. The van der Waals surface area contributed by atoms with Crippen molar-refractivity contribution in [2.45, 2.75) is 0 Å². The summed E-state index contributed by atoms with van der Waals surface area (Å²) in [4.78, 5) is 18.6. The fourth-order valence-electron chi connectivity index (χ4n) is 0.985. The Labute approximate surface area is 75.8 Å². The number of nitrogens with zero attached hydrogens (tertiary/aromatic N) is 2. The van der Waals surface area contributed by atoms with E-state index in [9.17, 15) is 4.79 Å². The lowest BCUT2D eigenvalue weighted by Crippen LogP contribution is -2.11. The van der Waals surface area contributed by atoms with Gasteiger partial charge in [-0.1, -0.05) is 6.58 Å². The van der Waals surface area contributed by atoms with Gasteiger partial charge in [0, 0.05) is 6.20 Å². The minimum atomic E-state index is -0.548. The van der Waals surface area contributed by atoms with Crippen LogP contribution in [0, 0.1) is 0 Å². The lowest BCUT2D eigenvalue weighted by molar-refractivity contribution is 0.100. The molecular formula is C9H9N3O. The number of carbonyl (C=O) groups excluding carboxylic acids is 1. The van der Waals surface area contributed by atoms with Gasteiger partial charge in [-0.15, -0.1) is 0 Å². The van der Waals surface area contributed by atoms with E-state index in [0.29, 0.717) is 16.9 Å². The SMILES string of the molecule is C=Cc1nccc(C(N)=O)c1N=C. The second-order valence-electron chi connectivity index (χ2n) is 2.32. The van der Waals surface area contributed by atoms with E-state index >= 15 is 0 Å². The summed E-state index contributed by atoms with van der Waals surface area (Å²) in [7, 11) is 0. The molecule has 4 heteroatoms. The predicted octanol–water partition coefficient (Wildman–Crippen LogP) is 1.16. The van der Waals surface area contributed by atoms with E-state index in [4.69, 9.17) is 5.73 Å². The van der Waals surface area contributed by atoms with Crippen molar-refractivity contribution < 1.29 is 4.79 Å². The van der Waals surface area contributed by atoms with E-state index in [0.717, 1.165) is 0 Å². The Balaban J connectivity index is 3.43. The molecule has 0 fully saturated rings. The van der Waals surface area contributed by atoms with Crippen LogP contribution in [0.2, 0.25) is 0 Å². The maximum Gasteiger partial charge on any atom is 0.251 e. The predicted molar refractivity (Wildman–Crippen MR) is 52.1 cm³/mol. The van der Waals surface area contributed by atoms with Crippen LogP contribution in [-0.4, -0.2) is 17.6 Å². The summed E-state index contributed by atoms with van der Waals surface area (Å²) in [6.07, 6.45) is 2.97. The number of aliphatic imine (C=N–C) groups is 1. The number of carbonyl (C=O) groups is 1. The fraction of sp³-hybridized carbons (Fsp3) is 0. The first-order valence-electron chi connectivity index (χ1n) is 3.58. The minimum Gasteiger partial charge on any atom is -0.366 e. The molecule has 0 aliphatic rings. The van der Waals surface area contributed by atoms with E-state index in [2.05, 4.69) is 23.3 Å². The molecule has 0 saturated heterocycles. The van der Waals surface area contributed by atoms with Crippen molar-refractivity contribution >= 4 is 24.4 Å². The molecule has 66 valence electrons. The Bertz CT molecular complexity index is 371. The average molecular weight is 175 g/mol. The molecule has 1 heterocycles. The number of aromatic nitrogens is 1. The molecule has 1 rings (SSSR count). The Kier molecular flexibility index (Phi) is 2.54. The molecule has 0 aliphatic carbocycles. The van der Waals surface area contributed by atoms with Crippen LogP contribution >= 0.6 is 0 Å². The van der Waals surface area contributed by atoms with Gasteiger partial charge in [-0.25, -0.2) is 0 Å². The molecule has 13 heavy (non-hydrogen) atoms. The number of amides is 1. The normalized spacial score (nSPS) is 9.23. The largest absolute Gasteiger partial charge is 0.366 e. The van der Waals surface area contributed by atoms with Crippen LogP contribution < -0.4 is 5.73 Å². The van der Waals surface area contributed by atoms with Gasteiger partial charge in [-0.05, 0) is 18.9 Å². The minimum absolute atomic E-state index is 0.305. The van der Waals surface area contributed by atoms with Crippen molar-refractivity contribution in [2.75, 3.05) is 0 Å². The van der Waals surface area contributed by atoms with Crippen molar-refractivity contribution in [3.63, 3.8) is 0 Å². The number of nitrogens with two attached hydrogens (primary N) is 1. The number of hydrogen-bond acceptors (Lipinski definition) is 3. The molecule has 2 N–H and O–H groups in total. The van der Waals surface area contributed by atoms with Gasteiger partial charge >= 0.3 is 0 Å². The molecule has 1 aromatic rings. The third kappa shape index (κ3) is 1.61. The van der Waals surface area contributed by atoms with Gasteiger partial charge in [0.1, 0.15) is 5.69 Å². The monoisotopic (exact) mass is 175 g/mol. The van der Waals surface area contributed by atoms with Crippen molar-refractivity contribution in [1.29, 1.82) is 0 Å². The molecular weight excluding hydrogens is 166 g/mol. The zero-order chi connectivity index (χ0) is 9.84. The number of primary amides is 1. The van der Waals surface area contributed by atoms with Crippen molar-refractivity contribution in [3.05, 3.63) is 30.1 Å². The van der Waals surface area contributed by atoms with Crippen LogP contribution in [0.5, 0.6) is 0 Å². The van der Waals surface area contributed by atoms with Crippen molar-refractivity contribution in [2.24, 2.45) is 10.7 Å². The van der Waals surface area contributed by atoms with Gasteiger partial charge in [0.2, 0.25) is 0 Å². The number of rotatable bonds is 3. The standard InChI is InChI=1S/C9H9N3O/c1-3-7-8(11-2)6(9(10)13)4-5-12-7/h3-5H,1-2H2,(H2,10,13). The zero-order valence-electron chi connectivity index (χ0n) is 7.03. The molecule has 1 amide bonds. The summed E-state index contributed by atoms with van der Waals surface area (Å²) >= 11 is 0. The van der Waals surface area contributed by atoms with E-state index in [1.165, 1.54) is 18.3 Å². The first-order valence-corrected chi connectivity index (χ1v) is 3.58. The molecule has 4 nitrogen and oxygen atoms in total. The molecule has 0 atom stereocenters. The molecule has 0 saturated carbocycles. The van der Waals surface area contributed by atoms with Crippen LogP contribution in [0.1, 0.15) is 16.1 Å². The maximum absolute atomic E-state index is 10.9. The van der Waals surface area contributed by atoms with Gasteiger partial charge in [-0.2, -0.15) is 0 Å². The lowest BCUT2D eigenvalue weighted by atomic mass is 10.1. The van der Waals surface area contributed by atoms with Crippen LogP contribution in [0.25, 0.3) is 6.08 Å². The Morgan fingerprint density at radius 1 is 1.69 bits per heavy atom. The molecule has 0 radical (unpaired) electrons. The van der Waals surface area contributed by atoms with Gasteiger partial charge in [0.25, 0.3) is 5.91 Å². The van der Waals surface area contributed by atoms with E-state index < -0.39 is 5.91 Å². The quantitative estimate of drug-likeness (QED) is 0.700. The molecule has 0 bridgehead atoms. The van der Waals surface area contributed by atoms with Crippen molar-refractivity contribution in [3.8, 4) is 0 Å². The molecule has 0 aromatic carbocycles. The summed E-state index contributed by atoms with van der Waals surface area (Å²) in [5.74, 6) is -0.548. The Hall–Kier alpha value is -1.97. The average Bonchev–Trinajstić information content (AvgIpc) is 2.16. The number of hydrogen-bond donors (Lipinski definition) is 1. The van der Waals surface area contributed by atoms with Gasteiger partial charge in [0.15, 0.2) is 0 Å². The third-order valence-electron chi connectivity index (χ3n) is 1.57. The van der Waals surface area contributed by atoms with E-state index in [-0.39, 0.29) is 0 Å². The topological polar surface area (TPSA) is 68.3 Å². The maximum atomic E-state index is 10.9. The zero-order valence-corrected chi connectivity index (χ0v) is 7.03. The van der Waals surface area contributed by atoms with E-state index in [1.807, 2.05) is 0 Å². The Morgan fingerprint density at radius 3 is 2.85 bits per heavy atom. The molecule has 0 spiro atoms. The van der Waals surface area contributed by atoms with Gasteiger partial charge in [-0.3, -0.25) is 14.8 Å². The Morgan fingerprint density at radius 2 is 2.38 bits per heavy atom. The van der Waals surface area contributed by atoms with Crippen LogP contribution in [0.4, 0.5) is 5.69 Å². The summed E-state index contributed by atoms with van der Waals surface area (Å²) in [5.41, 5.74) is 6.32. The fourth-order valence-corrected chi connectivity index (χ4v) is 0.985. The number of pyridine rings is 1. The van der Waals surface area contributed by atoms with Crippen LogP contribution in [0.15, 0.2) is 23.8 Å². The molecule has 0 unspecified atom stereocenters. The third-order valence-corrected chi connectivity index (χ3v) is 1.57. The lowest BCUT2D eigenvalue weighted by Gasteiger charge is -2.02. The highest BCUT2D eigenvalue weighted by Gasteiger charge is 2.09. The first kappa shape index (κ1) is 9.12. The highest BCUT2D eigenvalue weighted by atomic mass is 16.1. The molecule has 1 aromatic heterocycles. The van der Waals surface area contributed by atoms with Gasteiger partial charge < -0.3 is 5.73 Å². The van der Waals surface area contributed by atoms with Crippen LogP contribution in [0.3, 0.4) is 0 Å². The van der Waals surface area contributed by atoms with E-state index in [1.54, 1.807) is 0 Å². The van der Waals surface area contributed by atoms with Crippen molar-refractivity contribution in [1.82, 2.24) is 4.98 Å². The second-order valence-corrected chi connectivity index (χ2v) is 2.32. The summed E-state index contributed by atoms with van der Waals surface area (Å²) < 4.78 is 0. The highest BCUT2D eigenvalue weighted by Crippen LogP contribution is 2.22. The second kappa shape index (κ2) is 3.62. The highest BCUT2D eigenvalue weighted by molar-refractivity contribution is 5.99. The van der Waals surface area contributed by atoms with Gasteiger partial charge in [0.05, 0.1) is 11.3 Å². The summed E-state index contributed by atoms with van der Waals surface area (Å²) in [6, 6.07) is 1.50. The first-order chi connectivity index (χ1) is 6.20. The smallest absolute Gasteiger partial charge is 0.251 e. The summed E-state index contributed by atoms with van der Waals surface area (Å²) in [6.45, 7) is 6.87.